The SMILES string of the molecule is COc1ccccc1C1Nc2ccc(OC(C)C)cc2C2C=CCC21. The Kier molecular flexibility index (Phi) is 4.16. The zero-order chi connectivity index (χ0) is 17.4. The highest BCUT2D eigenvalue weighted by atomic mass is 16.5. The van der Waals surface area contributed by atoms with Crippen molar-refractivity contribution in [3.63, 3.8) is 0 Å². The van der Waals surface area contributed by atoms with Crippen LogP contribution in [0.15, 0.2) is 54.6 Å². The maximum absolute atomic E-state index is 5.90. The van der Waals surface area contributed by atoms with E-state index in [-0.39, 0.29) is 12.1 Å². The van der Waals surface area contributed by atoms with Gasteiger partial charge in [0.05, 0.1) is 19.3 Å². The Labute approximate surface area is 149 Å². The van der Waals surface area contributed by atoms with Gasteiger partial charge < -0.3 is 14.8 Å². The van der Waals surface area contributed by atoms with Crippen molar-refractivity contribution in [2.45, 2.75) is 38.3 Å². The molecule has 0 saturated carbocycles. The highest BCUT2D eigenvalue weighted by molar-refractivity contribution is 5.62. The number of para-hydroxylation sites is 1. The smallest absolute Gasteiger partial charge is 0.124 e. The summed E-state index contributed by atoms with van der Waals surface area (Å²) in [6, 6.07) is 15.0. The van der Waals surface area contributed by atoms with Gasteiger partial charge in [-0.3, -0.25) is 0 Å². The molecule has 1 N–H and O–H groups in total. The summed E-state index contributed by atoms with van der Waals surface area (Å²) >= 11 is 0. The lowest BCUT2D eigenvalue weighted by atomic mass is 9.77. The number of ether oxygens (including phenoxy) is 2. The summed E-state index contributed by atoms with van der Waals surface area (Å²) < 4.78 is 11.5. The van der Waals surface area contributed by atoms with Gasteiger partial charge in [0.25, 0.3) is 0 Å². The molecule has 3 heteroatoms. The minimum atomic E-state index is 0.186. The summed E-state index contributed by atoms with van der Waals surface area (Å²) in [7, 11) is 1.75. The number of allylic oxidation sites excluding steroid dienone is 2. The Morgan fingerprint density at radius 1 is 1.08 bits per heavy atom. The minimum Gasteiger partial charge on any atom is -0.496 e. The summed E-state index contributed by atoms with van der Waals surface area (Å²) in [5.74, 6) is 2.82. The van der Waals surface area contributed by atoms with E-state index in [1.54, 1.807) is 7.11 Å². The van der Waals surface area contributed by atoms with Gasteiger partial charge in [-0.15, -0.1) is 0 Å². The maximum atomic E-state index is 5.90. The predicted molar refractivity (Wildman–Crippen MR) is 102 cm³/mol. The largest absolute Gasteiger partial charge is 0.496 e. The third-order valence-corrected chi connectivity index (χ3v) is 5.18. The van der Waals surface area contributed by atoms with E-state index in [0.717, 1.165) is 17.9 Å². The average molecular weight is 335 g/mol. The van der Waals surface area contributed by atoms with Gasteiger partial charge in [0.1, 0.15) is 11.5 Å². The molecule has 0 fully saturated rings. The van der Waals surface area contributed by atoms with Gasteiger partial charge in [0.2, 0.25) is 0 Å². The van der Waals surface area contributed by atoms with Crippen LogP contribution in [0.1, 0.15) is 43.4 Å². The Morgan fingerprint density at radius 2 is 1.92 bits per heavy atom. The molecule has 3 unspecified atom stereocenters. The molecule has 3 nitrogen and oxygen atoms in total. The molecule has 0 amide bonds. The molecule has 3 atom stereocenters. The van der Waals surface area contributed by atoms with Crippen LogP contribution in [0.3, 0.4) is 0 Å². The molecule has 2 aliphatic rings. The molecule has 1 heterocycles. The third-order valence-electron chi connectivity index (χ3n) is 5.18. The lowest BCUT2D eigenvalue weighted by Gasteiger charge is -2.38. The summed E-state index contributed by atoms with van der Waals surface area (Å²) in [4.78, 5) is 0. The minimum absolute atomic E-state index is 0.186. The van der Waals surface area contributed by atoms with Crippen molar-refractivity contribution < 1.29 is 9.47 Å². The maximum Gasteiger partial charge on any atom is 0.124 e. The van der Waals surface area contributed by atoms with E-state index < -0.39 is 0 Å². The number of hydrogen-bond acceptors (Lipinski definition) is 3. The summed E-state index contributed by atoms with van der Waals surface area (Å²) in [5.41, 5.74) is 3.76. The highest BCUT2D eigenvalue weighted by Crippen LogP contribution is 2.51. The molecule has 1 aliphatic carbocycles. The number of fused-ring (bicyclic) bond motifs is 3. The Morgan fingerprint density at radius 3 is 2.72 bits per heavy atom. The van der Waals surface area contributed by atoms with Gasteiger partial charge >= 0.3 is 0 Å². The van der Waals surface area contributed by atoms with Crippen LogP contribution in [0, 0.1) is 5.92 Å². The second-order valence-electron chi connectivity index (χ2n) is 7.13. The fourth-order valence-corrected chi connectivity index (χ4v) is 4.15. The fraction of sp³-hybridized carbons (Fsp3) is 0.364. The van der Waals surface area contributed by atoms with Crippen LogP contribution >= 0.6 is 0 Å². The molecule has 2 aromatic carbocycles. The third kappa shape index (κ3) is 2.88. The quantitative estimate of drug-likeness (QED) is 0.768. The van der Waals surface area contributed by atoms with Crippen molar-refractivity contribution >= 4 is 5.69 Å². The molecule has 0 spiro atoms. The Hall–Kier alpha value is -2.42. The molecule has 0 radical (unpaired) electrons. The van der Waals surface area contributed by atoms with E-state index in [0.29, 0.717) is 11.8 Å². The van der Waals surface area contributed by atoms with Crippen molar-refractivity contribution in [1.29, 1.82) is 0 Å². The molecular formula is C22H25NO2. The number of methoxy groups -OCH3 is 1. The molecule has 0 saturated heterocycles. The van der Waals surface area contributed by atoms with Gasteiger partial charge in [-0.2, -0.15) is 0 Å². The first-order valence-corrected chi connectivity index (χ1v) is 9.04. The number of anilines is 1. The number of rotatable bonds is 4. The first-order valence-electron chi connectivity index (χ1n) is 9.04. The molecule has 1 aliphatic heterocycles. The molecule has 2 aromatic rings. The molecular weight excluding hydrogens is 310 g/mol. The second-order valence-corrected chi connectivity index (χ2v) is 7.13. The molecule has 130 valence electrons. The zero-order valence-electron chi connectivity index (χ0n) is 15.0. The van der Waals surface area contributed by atoms with E-state index in [1.165, 1.54) is 16.8 Å². The second kappa shape index (κ2) is 6.47. The Bertz CT molecular complexity index is 796. The normalized spacial score (nSPS) is 23.8. The number of hydrogen-bond donors (Lipinski definition) is 1. The molecule has 25 heavy (non-hydrogen) atoms. The van der Waals surface area contributed by atoms with Crippen LogP contribution in [0.4, 0.5) is 5.69 Å². The first kappa shape index (κ1) is 16.1. The van der Waals surface area contributed by atoms with Crippen LogP contribution < -0.4 is 14.8 Å². The topological polar surface area (TPSA) is 30.5 Å². The van der Waals surface area contributed by atoms with Gasteiger partial charge in [-0.25, -0.2) is 0 Å². The molecule has 4 rings (SSSR count). The molecule has 0 aromatic heterocycles. The van der Waals surface area contributed by atoms with Gasteiger partial charge in [0, 0.05) is 17.2 Å². The summed E-state index contributed by atoms with van der Waals surface area (Å²) in [5, 5.41) is 3.76. The number of benzene rings is 2. The van der Waals surface area contributed by atoms with Crippen LogP contribution in [0.25, 0.3) is 0 Å². The average Bonchev–Trinajstić information content (AvgIpc) is 3.11. The standard InChI is InChI=1S/C22H25NO2/c1-14(2)25-15-11-12-20-19(13-15)16-8-6-9-17(16)22(23-20)18-7-4-5-10-21(18)24-3/h4-8,10-14,16-17,22-23H,9H2,1-3H3. The van der Waals surface area contributed by atoms with Crippen molar-refractivity contribution in [2.75, 3.05) is 12.4 Å². The summed E-state index contributed by atoms with van der Waals surface area (Å²) in [6.45, 7) is 4.13. The highest BCUT2D eigenvalue weighted by Gasteiger charge is 2.39. The van der Waals surface area contributed by atoms with Crippen LogP contribution in [-0.2, 0) is 0 Å². The lowest BCUT2D eigenvalue weighted by molar-refractivity contribution is 0.242. The number of nitrogens with one attached hydrogen (secondary N) is 1. The van der Waals surface area contributed by atoms with Crippen LogP contribution in [0.5, 0.6) is 11.5 Å². The Balaban J connectivity index is 1.73. The van der Waals surface area contributed by atoms with E-state index in [4.69, 9.17) is 9.47 Å². The monoisotopic (exact) mass is 335 g/mol. The van der Waals surface area contributed by atoms with Crippen molar-refractivity contribution in [2.24, 2.45) is 5.92 Å². The van der Waals surface area contributed by atoms with E-state index >= 15 is 0 Å². The zero-order valence-corrected chi connectivity index (χ0v) is 15.0. The van der Waals surface area contributed by atoms with E-state index in [9.17, 15) is 0 Å². The van der Waals surface area contributed by atoms with E-state index in [2.05, 4.69) is 61.6 Å². The predicted octanol–water partition coefficient (Wildman–Crippen LogP) is 5.31. The van der Waals surface area contributed by atoms with Crippen molar-refractivity contribution in [1.82, 2.24) is 0 Å². The van der Waals surface area contributed by atoms with Gasteiger partial charge in [-0.1, -0.05) is 30.4 Å². The van der Waals surface area contributed by atoms with Crippen LogP contribution in [-0.4, -0.2) is 13.2 Å². The van der Waals surface area contributed by atoms with E-state index in [1.807, 2.05) is 12.1 Å². The van der Waals surface area contributed by atoms with Crippen molar-refractivity contribution in [3.8, 4) is 11.5 Å². The van der Waals surface area contributed by atoms with Crippen molar-refractivity contribution in [3.05, 3.63) is 65.7 Å². The molecule has 0 bridgehead atoms. The summed E-state index contributed by atoms with van der Waals surface area (Å²) in [6.07, 6.45) is 5.93. The van der Waals surface area contributed by atoms with Gasteiger partial charge in [0.15, 0.2) is 0 Å². The van der Waals surface area contributed by atoms with Gasteiger partial charge in [-0.05, 0) is 56.0 Å². The van der Waals surface area contributed by atoms with Crippen LogP contribution in [0.2, 0.25) is 0 Å². The fourth-order valence-electron chi connectivity index (χ4n) is 4.15. The first-order chi connectivity index (χ1) is 12.2. The lowest BCUT2D eigenvalue weighted by Crippen LogP contribution is -2.29.